The molecule has 0 radical (unpaired) electrons. The van der Waals surface area contributed by atoms with Gasteiger partial charge in [-0.15, -0.1) is 0 Å². The maximum absolute atomic E-state index is 9.08. The fourth-order valence-corrected chi connectivity index (χ4v) is 2.93. The summed E-state index contributed by atoms with van der Waals surface area (Å²) in [7, 11) is 1.81. The van der Waals surface area contributed by atoms with Gasteiger partial charge in [0.25, 0.3) is 0 Å². The van der Waals surface area contributed by atoms with Gasteiger partial charge in [-0.3, -0.25) is 0 Å². The summed E-state index contributed by atoms with van der Waals surface area (Å²) < 4.78 is 0. The Hall–Kier alpha value is 0.210. The maximum Gasteiger partial charge on any atom is 0.107 e. The molecule has 0 rings (SSSR count). The zero-order chi connectivity index (χ0) is 15.6. The Morgan fingerprint density at radius 1 is 0.545 bits per heavy atom. The van der Waals surface area contributed by atoms with Crippen molar-refractivity contribution in [1.82, 2.24) is 0 Å². The van der Waals surface area contributed by atoms with Gasteiger partial charge in [-0.2, -0.15) is 5.06 Å². The molecule has 0 bridgehead atoms. The minimum Gasteiger partial charge on any atom is -1.00 e. The van der Waals surface area contributed by atoms with Gasteiger partial charge in [0.15, 0.2) is 0 Å². The first-order valence-corrected chi connectivity index (χ1v) is 9.78. The van der Waals surface area contributed by atoms with Crippen LogP contribution in [-0.4, -0.2) is 18.8 Å². The first kappa shape index (κ1) is 24.5. The minimum atomic E-state index is 0. The third kappa shape index (κ3) is 22.5. The number of hydrogen-bond acceptors (Lipinski definition) is 1. The largest absolute Gasteiger partial charge is 1.00 e. The van der Waals surface area contributed by atoms with Crippen LogP contribution in [0, 0.1) is 0 Å². The van der Waals surface area contributed by atoms with E-state index < -0.39 is 0 Å². The van der Waals surface area contributed by atoms with Crippen molar-refractivity contribution >= 4 is 0 Å². The Kier molecular flexibility index (Phi) is 23.6. The van der Waals surface area contributed by atoms with Crippen LogP contribution < -0.4 is 17.5 Å². The zero-order valence-corrected chi connectivity index (χ0v) is 16.1. The van der Waals surface area contributed by atoms with Gasteiger partial charge in [-0.25, -0.2) is 5.21 Å². The van der Waals surface area contributed by atoms with Crippen LogP contribution in [0.25, 0.3) is 0 Å². The molecule has 0 aromatic carbocycles. The van der Waals surface area contributed by atoms with Crippen molar-refractivity contribution < 1.29 is 22.7 Å². The molecular weight excluding hydrogens is 294 g/mol. The minimum absolute atomic E-state index is 0. The molecule has 136 valence electrons. The molecule has 0 heterocycles. The predicted molar refractivity (Wildman–Crippen MR) is 93.1 cm³/mol. The van der Waals surface area contributed by atoms with Gasteiger partial charge in [-0.1, -0.05) is 96.8 Å². The van der Waals surface area contributed by atoms with Crippen LogP contribution in [0.2, 0.25) is 0 Å². The molecule has 3 heteroatoms. The van der Waals surface area contributed by atoms with E-state index in [1.807, 2.05) is 7.05 Å². The van der Waals surface area contributed by atoms with Crippen molar-refractivity contribution in [2.45, 2.75) is 110 Å². The van der Waals surface area contributed by atoms with E-state index in [2.05, 4.69) is 6.92 Å². The van der Waals surface area contributed by atoms with Crippen LogP contribution in [0.3, 0.4) is 0 Å². The number of quaternary nitrogens is 1. The second-order valence-electron chi connectivity index (χ2n) is 6.79. The highest BCUT2D eigenvalue weighted by Crippen LogP contribution is 2.13. The van der Waals surface area contributed by atoms with Gasteiger partial charge in [0.2, 0.25) is 0 Å². The maximum atomic E-state index is 9.08. The first-order chi connectivity index (χ1) is 10.3. The van der Waals surface area contributed by atoms with E-state index in [0.717, 1.165) is 6.54 Å². The number of rotatable bonds is 17. The lowest BCUT2D eigenvalue weighted by molar-refractivity contribution is -1.07. The van der Waals surface area contributed by atoms with Crippen LogP contribution in [-0.2, 0) is 0 Å². The van der Waals surface area contributed by atoms with Crippen LogP contribution in [0.4, 0.5) is 0 Å². The fourth-order valence-electron chi connectivity index (χ4n) is 2.93. The third-order valence-corrected chi connectivity index (χ3v) is 4.39. The summed E-state index contributed by atoms with van der Waals surface area (Å²) in [5, 5.41) is 9.68. The number of unbranched alkanes of at least 4 members (excludes halogenated alkanes) is 15. The Morgan fingerprint density at radius 3 is 1.09 bits per heavy atom. The quantitative estimate of drug-likeness (QED) is 0.309. The molecular formula is C19H42ClNO. The van der Waals surface area contributed by atoms with Crippen molar-refractivity contribution in [2.75, 3.05) is 13.6 Å². The highest BCUT2D eigenvalue weighted by Gasteiger charge is 1.97. The van der Waals surface area contributed by atoms with E-state index in [0.29, 0.717) is 5.06 Å². The molecule has 0 saturated carbocycles. The average molecular weight is 336 g/mol. The highest BCUT2D eigenvalue weighted by atomic mass is 35.5. The summed E-state index contributed by atoms with van der Waals surface area (Å²) in [5.74, 6) is 0. The van der Waals surface area contributed by atoms with E-state index >= 15 is 0 Å². The summed E-state index contributed by atoms with van der Waals surface area (Å²) >= 11 is 0. The van der Waals surface area contributed by atoms with Gasteiger partial charge in [0.05, 0.1) is 7.05 Å². The molecule has 1 unspecified atom stereocenters. The number of hydrogen-bond donors (Lipinski definition) is 2. The Labute approximate surface area is 146 Å². The molecule has 22 heavy (non-hydrogen) atoms. The summed E-state index contributed by atoms with van der Waals surface area (Å²) in [5.41, 5.74) is 0. The molecule has 1 atom stereocenters. The predicted octanol–water partition coefficient (Wildman–Crippen LogP) is 2.16. The molecule has 0 saturated heterocycles. The van der Waals surface area contributed by atoms with E-state index in [1.54, 1.807) is 0 Å². The first-order valence-electron chi connectivity index (χ1n) is 9.78. The summed E-state index contributed by atoms with van der Waals surface area (Å²) in [6.07, 6.45) is 22.5. The van der Waals surface area contributed by atoms with E-state index in [1.165, 1.54) is 103 Å². The van der Waals surface area contributed by atoms with Crippen molar-refractivity contribution in [1.29, 1.82) is 0 Å². The molecule has 2 N–H and O–H groups in total. The van der Waals surface area contributed by atoms with Crippen LogP contribution in [0.15, 0.2) is 0 Å². The van der Waals surface area contributed by atoms with Gasteiger partial charge >= 0.3 is 0 Å². The molecule has 0 spiro atoms. The van der Waals surface area contributed by atoms with Gasteiger partial charge < -0.3 is 12.4 Å². The lowest BCUT2D eigenvalue weighted by Crippen LogP contribution is -3.06. The Bertz CT molecular complexity index is 188. The zero-order valence-electron chi connectivity index (χ0n) is 15.3. The molecule has 0 fully saturated rings. The van der Waals surface area contributed by atoms with Gasteiger partial charge in [0, 0.05) is 0 Å². The van der Waals surface area contributed by atoms with E-state index in [-0.39, 0.29) is 12.4 Å². The molecule has 0 aliphatic carbocycles. The second kappa shape index (κ2) is 21.2. The Morgan fingerprint density at radius 2 is 0.818 bits per heavy atom. The SMILES string of the molecule is CCCCCCCCCCCCCCCCCC[NH+](C)O.[Cl-]. The number of nitrogens with one attached hydrogen (secondary N) is 1. The van der Waals surface area contributed by atoms with E-state index in [9.17, 15) is 0 Å². The average Bonchev–Trinajstić information content (AvgIpc) is 2.46. The van der Waals surface area contributed by atoms with Crippen LogP contribution >= 0.6 is 0 Å². The molecule has 0 aromatic heterocycles. The summed E-state index contributed by atoms with van der Waals surface area (Å²) in [6, 6.07) is 0. The van der Waals surface area contributed by atoms with Gasteiger partial charge in [0.1, 0.15) is 6.54 Å². The number of halogens is 1. The van der Waals surface area contributed by atoms with Crippen molar-refractivity contribution in [3.05, 3.63) is 0 Å². The standard InChI is InChI=1S/C19H41NO.ClH/c1-3-4-5-6-7-8-9-10-11-12-13-14-15-16-17-18-19-20(2)21;/h21H,3-19H2,1-2H3;1H. The highest BCUT2D eigenvalue weighted by molar-refractivity contribution is 4.49. The van der Waals surface area contributed by atoms with E-state index in [4.69, 9.17) is 5.21 Å². The molecule has 0 aliphatic rings. The van der Waals surface area contributed by atoms with Crippen molar-refractivity contribution in [3.63, 3.8) is 0 Å². The second-order valence-corrected chi connectivity index (χ2v) is 6.79. The van der Waals surface area contributed by atoms with Crippen LogP contribution in [0.1, 0.15) is 110 Å². The molecule has 0 aromatic rings. The fraction of sp³-hybridized carbons (Fsp3) is 1.00. The Balaban J connectivity index is 0. The molecule has 2 nitrogen and oxygen atoms in total. The smallest absolute Gasteiger partial charge is 0.107 e. The van der Waals surface area contributed by atoms with Crippen molar-refractivity contribution in [2.24, 2.45) is 0 Å². The monoisotopic (exact) mass is 335 g/mol. The van der Waals surface area contributed by atoms with Crippen LogP contribution in [0.5, 0.6) is 0 Å². The normalized spacial score (nSPS) is 12.1. The lowest BCUT2D eigenvalue weighted by Gasteiger charge is -2.04. The third-order valence-electron chi connectivity index (χ3n) is 4.39. The summed E-state index contributed by atoms with van der Waals surface area (Å²) in [6.45, 7) is 3.19. The van der Waals surface area contributed by atoms with Crippen molar-refractivity contribution in [3.8, 4) is 0 Å². The lowest BCUT2D eigenvalue weighted by atomic mass is 10.0. The topological polar surface area (TPSA) is 24.7 Å². The number of hydroxylamine groups is 2. The van der Waals surface area contributed by atoms with Gasteiger partial charge in [-0.05, 0) is 12.8 Å². The molecule has 0 aliphatic heterocycles. The summed E-state index contributed by atoms with van der Waals surface area (Å²) in [4.78, 5) is 0. The molecule has 0 amide bonds.